The summed E-state index contributed by atoms with van der Waals surface area (Å²) in [7, 11) is 0. The molecular weight excluding hydrogens is 500 g/mol. The van der Waals surface area contributed by atoms with E-state index in [1.807, 2.05) is 0 Å². The number of alkyl halides is 6. The number of nitrogens with zero attached hydrogens (tertiary/aromatic N) is 3. The Labute approximate surface area is 207 Å². The molecule has 3 N–H and O–H groups in total. The molecule has 2 unspecified atom stereocenters. The van der Waals surface area contributed by atoms with Gasteiger partial charge in [-0.2, -0.15) is 26.3 Å². The summed E-state index contributed by atoms with van der Waals surface area (Å²) in [6.45, 7) is 1.61. The smallest absolute Gasteiger partial charge is 0.368 e. The first-order valence-electron chi connectivity index (χ1n) is 11.6. The Balaban J connectivity index is 1.58. The standard InChI is InChI=1S/C25H23F6N5O/c1-23(37)11-14(9-21(35-23)36-7-3-2-4-20(36)25(29,30)31)17-5-6-33-22-18(17)10-19(34-22)15-8-16(13-32-12-15)24(26,27)28/h5-6,8-13,20,35,37H,2-4,7H2,1H3,(H,33,34). The number of hydrogen-bond donors (Lipinski definition) is 3. The molecule has 3 aromatic heterocycles. The molecule has 0 aliphatic carbocycles. The van der Waals surface area contributed by atoms with Crippen molar-refractivity contribution >= 4 is 16.6 Å². The number of aromatic nitrogens is 3. The summed E-state index contributed by atoms with van der Waals surface area (Å²) in [5.41, 5.74) is -0.646. The third-order valence-electron chi connectivity index (χ3n) is 6.52. The van der Waals surface area contributed by atoms with Gasteiger partial charge >= 0.3 is 12.4 Å². The average molecular weight is 523 g/mol. The minimum absolute atomic E-state index is 0.0462. The van der Waals surface area contributed by atoms with Crippen LogP contribution in [0.5, 0.6) is 0 Å². The van der Waals surface area contributed by atoms with Crippen molar-refractivity contribution in [2.75, 3.05) is 6.54 Å². The predicted octanol–water partition coefficient (Wildman–Crippen LogP) is 5.60. The zero-order valence-electron chi connectivity index (χ0n) is 19.6. The number of nitrogens with one attached hydrogen (secondary N) is 2. The zero-order valence-corrected chi connectivity index (χ0v) is 19.6. The van der Waals surface area contributed by atoms with E-state index >= 15 is 0 Å². The fourth-order valence-electron chi connectivity index (χ4n) is 4.87. The van der Waals surface area contributed by atoms with E-state index in [1.165, 1.54) is 30.3 Å². The van der Waals surface area contributed by atoms with E-state index < -0.39 is 29.7 Å². The van der Waals surface area contributed by atoms with Crippen LogP contribution in [0.15, 0.2) is 54.8 Å². The summed E-state index contributed by atoms with van der Waals surface area (Å²) >= 11 is 0. The van der Waals surface area contributed by atoms with Crippen LogP contribution in [0, 0.1) is 0 Å². The number of hydrogen-bond acceptors (Lipinski definition) is 5. The highest BCUT2D eigenvalue weighted by Crippen LogP contribution is 2.38. The first-order chi connectivity index (χ1) is 17.3. The maximum absolute atomic E-state index is 13.8. The number of fused-ring (bicyclic) bond motifs is 1. The van der Waals surface area contributed by atoms with Gasteiger partial charge < -0.3 is 20.3 Å². The van der Waals surface area contributed by atoms with E-state index in [0.29, 0.717) is 40.7 Å². The van der Waals surface area contributed by atoms with Crippen LogP contribution in [0.25, 0.3) is 27.9 Å². The Hall–Kier alpha value is -3.54. The summed E-state index contributed by atoms with van der Waals surface area (Å²) in [6, 6.07) is 2.54. The molecule has 12 heteroatoms. The SMILES string of the molecule is CC1(O)C=C(c2ccnc3[nH]c(-c4cncc(C(F)(F)F)c4)cc23)C=C(N2CCCCC2C(F)(F)F)N1. The van der Waals surface area contributed by atoms with Crippen LogP contribution in [0.4, 0.5) is 26.3 Å². The predicted molar refractivity (Wildman–Crippen MR) is 125 cm³/mol. The Kier molecular flexibility index (Phi) is 5.97. The lowest BCUT2D eigenvalue weighted by molar-refractivity contribution is -0.187. The molecule has 5 heterocycles. The van der Waals surface area contributed by atoms with Gasteiger partial charge in [-0.05, 0) is 67.7 Å². The number of pyridine rings is 2. The summed E-state index contributed by atoms with van der Waals surface area (Å²) < 4.78 is 80.9. The number of halogens is 6. The van der Waals surface area contributed by atoms with E-state index in [1.54, 1.807) is 18.2 Å². The number of H-pyrrole nitrogens is 1. The molecule has 0 aromatic carbocycles. The number of rotatable bonds is 3. The maximum atomic E-state index is 13.8. The number of dihydropyridines is 1. The molecule has 196 valence electrons. The molecule has 0 bridgehead atoms. The van der Waals surface area contributed by atoms with E-state index in [4.69, 9.17) is 0 Å². The molecule has 0 radical (unpaired) electrons. The molecule has 2 aliphatic rings. The van der Waals surface area contributed by atoms with Crippen molar-refractivity contribution in [3.63, 3.8) is 0 Å². The first-order valence-corrected chi connectivity index (χ1v) is 11.6. The van der Waals surface area contributed by atoms with E-state index in [2.05, 4.69) is 20.3 Å². The highest BCUT2D eigenvalue weighted by atomic mass is 19.4. The van der Waals surface area contributed by atoms with Gasteiger partial charge in [0, 0.05) is 41.8 Å². The second-order valence-corrected chi connectivity index (χ2v) is 9.41. The molecule has 0 amide bonds. The summed E-state index contributed by atoms with van der Waals surface area (Å²) in [5, 5.41) is 14.2. The fourth-order valence-corrected chi connectivity index (χ4v) is 4.87. The molecule has 37 heavy (non-hydrogen) atoms. The maximum Gasteiger partial charge on any atom is 0.417 e. The minimum Gasteiger partial charge on any atom is -0.368 e. The fraction of sp³-hybridized carbons (Fsp3) is 0.360. The average Bonchev–Trinajstić information content (AvgIpc) is 3.27. The van der Waals surface area contributed by atoms with Gasteiger partial charge in [-0.25, -0.2) is 4.98 Å². The number of allylic oxidation sites excluding steroid dienone is 2. The Morgan fingerprint density at radius 2 is 1.89 bits per heavy atom. The minimum atomic E-state index is -4.56. The van der Waals surface area contributed by atoms with Gasteiger partial charge in [0.2, 0.25) is 0 Å². The van der Waals surface area contributed by atoms with Crippen LogP contribution in [-0.4, -0.2) is 49.4 Å². The Morgan fingerprint density at radius 3 is 2.62 bits per heavy atom. The molecule has 3 aromatic rings. The van der Waals surface area contributed by atoms with Gasteiger partial charge in [0.1, 0.15) is 17.5 Å². The van der Waals surface area contributed by atoms with Crippen molar-refractivity contribution in [3.8, 4) is 11.3 Å². The number of likely N-dealkylation sites (tertiary alicyclic amines) is 1. The van der Waals surface area contributed by atoms with Crippen LogP contribution < -0.4 is 5.32 Å². The molecule has 1 fully saturated rings. The highest BCUT2D eigenvalue weighted by Gasteiger charge is 2.46. The molecule has 0 saturated carbocycles. The second-order valence-electron chi connectivity index (χ2n) is 9.41. The second kappa shape index (κ2) is 8.79. The van der Waals surface area contributed by atoms with Crippen LogP contribution in [0.3, 0.4) is 0 Å². The van der Waals surface area contributed by atoms with Crippen LogP contribution >= 0.6 is 0 Å². The summed E-state index contributed by atoms with van der Waals surface area (Å²) in [6.07, 6.45) is -1.47. The largest absolute Gasteiger partial charge is 0.417 e. The molecule has 2 atom stereocenters. The molecule has 2 aliphatic heterocycles. The quantitative estimate of drug-likeness (QED) is 0.390. The van der Waals surface area contributed by atoms with Gasteiger partial charge in [0.25, 0.3) is 0 Å². The monoisotopic (exact) mass is 523 g/mol. The van der Waals surface area contributed by atoms with Crippen molar-refractivity contribution in [3.05, 3.63) is 65.9 Å². The van der Waals surface area contributed by atoms with Crippen molar-refractivity contribution in [1.82, 2.24) is 25.2 Å². The number of piperidine rings is 1. The highest BCUT2D eigenvalue weighted by molar-refractivity contribution is 5.96. The van der Waals surface area contributed by atoms with Gasteiger partial charge in [0.15, 0.2) is 5.72 Å². The normalized spacial score (nSPS) is 23.0. The lowest BCUT2D eigenvalue weighted by Crippen LogP contribution is -2.54. The summed E-state index contributed by atoms with van der Waals surface area (Å²) in [4.78, 5) is 12.2. The third-order valence-corrected chi connectivity index (χ3v) is 6.52. The van der Waals surface area contributed by atoms with Gasteiger partial charge in [-0.15, -0.1) is 0 Å². The first kappa shape index (κ1) is 25.1. The van der Waals surface area contributed by atoms with Crippen molar-refractivity contribution in [1.29, 1.82) is 0 Å². The molecule has 6 nitrogen and oxygen atoms in total. The Morgan fingerprint density at radius 1 is 1.11 bits per heavy atom. The number of aromatic amines is 1. The third kappa shape index (κ3) is 5.02. The van der Waals surface area contributed by atoms with E-state index in [-0.39, 0.29) is 24.4 Å². The van der Waals surface area contributed by atoms with E-state index in [0.717, 1.165) is 12.3 Å². The van der Waals surface area contributed by atoms with Crippen molar-refractivity contribution < 1.29 is 31.4 Å². The van der Waals surface area contributed by atoms with E-state index in [9.17, 15) is 31.4 Å². The van der Waals surface area contributed by atoms with Gasteiger partial charge in [0.05, 0.1) is 5.56 Å². The topological polar surface area (TPSA) is 77.1 Å². The molecule has 1 saturated heterocycles. The summed E-state index contributed by atoms with van der Waals surface area (Å²) in [5.74, 6) is 0.146. The van der Waals surface area contributed by atoms with Crippen LogP contribution in [0.2, 0.25) is 0 Å². The lowest BCUT2D eigenvalue weighted by Gasteiger charge is -2.43. The Bertz CT molecular complexity index is 1390. The molecule has 5 rings (SSSR count). The zero-order chi connectivity index (χ0) is 26.6. The van der Waals surface area contributed by atoms with Crippen molar-refractivity contribution in [2.45, 2.75) is 50.3 Å². The molecular formula is C25H23F6N5O. The van der Waals surface area contributed by atoms with Gasteiger partial charge in [-0.3, -0.25) is 4.98 Å². The van der Waals surface area contributed by atoms with Crippen molar-refractivity contribution in [2.24, 2.45) is 0 Å². The van der Waals surface area contributed by atoms with Crippen LogP contribution in [-0.2, 0) is 6.18 Å². The van der Waals surface area contributed by atoms with Crippen LogP contribution in [0.1, 0.15) is 37.3 Å². The molecule has 0 spiro atoms. The lowest BCUT2D eigenvalue weighted by atomic mass is 9.95. The van der Waals surface area contributed by atoms with Gasteiger partial charge in [-0.1, -0.05) is 0 Å². The number of aliphatic hydroxyl groups is 1.